The average molecular weight is 427 g/mol. The van der Waals surface area contributed by atoms with E-state index in [1.807, 2.05) is 24.0 Å². The molecule has 1 fully saturated rings. The van der Waals surface area contributed by atoms with Gasteiger partial charge in [0, 0.05) is 25.2 Å². The number of hydrogen-bond acceptors (Lipinski definition) is 4. The van der Waals surface area contributed by atoms with Crippen molar-refractivity contribution in [2.75, 3.05) is 31.7 Å². The molecule has 0 atom stereocenters. The van der Waals surface area contributed by atoms with Crippen molar-refractivity contribution in [3.05, 3.63) is 58.4 Å². The van der Waals surface area contributed by atoms with E-state index in [4.69, 9.17) is 9.47 Å². The molecule has 8 heteroatoms. The van der Waals surface area contributed by atoms with Crippen molar-refractivity contribution in [1.82, 2.24) is 10.2 Å². The SMILES string of the molecule is Cc1cccc(C(=O)N2CCCC2)c1NC(=O)NCCc1cc(F)cc2c1OCOC2. The van der Waals surface area contributed by atoms with Gasteiger partial charge in [-0.2, -0.15) is 0 Å². The van der Waals surface area contributed by atoms with Gasteiger partial charge in [0.1, 0.15) is 11.6 Å². The smallest absolute Gasteiger partial charge is 0.319 e. The molecule has 0 aliphatic carbocycles. The molecule has 0 aromatic heterocycles. The number of fused-ring (bicyclic) bond motifs is 1. The van der Waals surface area contributed by atoms with Crippen LogP contribution in [0.15, 0.2) is 30.3 Å². The van der Waals surface area contributed by atoms with Crippen molar-refractivity contribution in [1.29, 1.82) is 0 Å². The summed E-state index contributed by atoms with van der Waals surface area (Å²) < 4.78 is 24.6. The molecular formula is C23H26FN3O4. The first-order valence-corrected chi connectivity index (χ1v) is 10.5. The Bertz CT molecular complexity index is 989. The van der Waals surface area contributed by atoms with Gasteiger partial charge in [0.15, 0.2) is 6.79 Å². The fourth-order valence-electron chi connectivity index (χ4n) is 4.01. The molecule has 0 radical (unpaired) electrons. The van der Waals surface area contributed by atoms with E-state index in [0.29, 0.717) is 41.2 Å². The van der Waals surface area contributed by atoms with Crippen molar-refractivity contribution in [2.24, 2.45) is 0 Å². The summed E-state index contributed by atoms with van der Waals surface area (Å²) in [7, 11) is 0. The van der Waals surface area contributed by atoms with E-state index in [0.717, 1.165) is 31.5 Å². The topological polar surface area (TPSA) is 79.9 Å². The molecular weight excluding hydrogens is 401 g/mol. The molecule has 0 spiro atoms. The summed E-state index contributed by atoms with van der Waals surface area (Å²) in [5, 5.41) is 5.60. The second-order valence-electron chi connectivity index (χ2n) is 7.79. The number of aryl methyl sites for hydroxylation is 1. The van der Waals surface area contributed by atoms with Gasteiger partial charge in [-0.25, -0.2) is 9.18 Å². The number of nitrogens with one attached hydrogen (secondary N) is 2. The highest BCUT2D eigenvalue weighted by Crippen LogP contribution is 2.29. The Morgan fingerprint density at radius 1 is 1.19 bits per heavy atom. The number of halogens is 1. The highest BCUT2D eigenvalue weighted by Gasteiger charge is 2.23. The lowest BCUT2D eigenvalue weighted by molar-refractivity contribution is -0.0172. The number of amides is 3. The Hall–Kier alpha value is -3.13. The van der Waals surface area contributed by atoms with Crippen LogP contribution >= 0.6 is 0 Å². The number of hydrogen-bond donors (Lipinski definition) is 2. The average Bonchev–Trinajstić information content (AvgIpc) is 3.29. The first kappa shape index (κ1) is 21.1. The predicted molar refractivity (Wildman–Crippen MR) is 114 cm³/mol. The second kappa shape index (κ2) is 9.34. The van der Waals surface area contributed by atoms with Crippen molar-refractivity contribution in [2.45, 2.75) is 32.8 Å². The van der Waals surface area contributed by atoms with Crippen LogP contribution in [0.3, 0.4) is 0 Å². The molecule has 1 saturated heterocycles. The summed E-state index contributed by atoms with van der Waals surface area (Å²) in [6.07, 6.45) is 2.40. The number of urea groups is 1. The molecule has 0 bridgehead atoms. The van der Waals surface area contributed by atoms with Crippen LogP contribution in [0.2, 0.25) is 0 Å². The standard InChI is InChI=1S/C23H26FN3O4/c1-15-5-4-6-19(22(28)27-9-2-3-10-27)20(15)26-23(29)25-8-7-16-11-18(24)12-17-13-30-14-31-21(16)17/h4-6,11-12H,2-3,7-10,13-14H2,1H3,(H2,25,26,29). The number of anilines is 1. The molecule has 2 aromatic carbocycles. The maximum atomic E-state index is 13.9. The van der Waals surface area contributed by atoms with Gasteiger partial charge in [0.25, 0.3) is 5.91 Å². The van der Waals surface area contributed by atoms with Crippen LogP contribution in [0.5, 0.6) is 5.75 Å². The summed E-state index contributed by atoms with van der Waals surface area (Å²) in [5.41, 5.74) is 3.16. The fourth-order valence-corrected chi connectivity index (χ4v) is 4.01. The van der Waals surface area contributed by atoms with Crippen molar-refractivity contribution >= 4 is 17.6 Å². The summed E-state index contributed by atoms with van der Waals surface area (Å²) in [6, 6.07) is 7.81. The molecule has 0 unspecified atom stereocenters. The van der Waals surface area contributed by atoms with E-state index in [2.05, 4.69) is 10.6 Å². The molecule has 7 nitrogen and oxygen atoms in total. The van der Waals surface area contributed by atoms with Crippen LogP contribution in [0.1, 0.15) is 39.9 Å². The molecule has 3 amide bonds. The highest BCUT2D eigenvalue weighted by atomic mass is 19.1. The number of likely N-dealkylation sites (tertiary alicyclic amines) is 1. The van der Waals surface area contributed by atoms with E-state index in [9.17, 15) is 14.0 Å². The number of ether oxygens (including phenoxy) is 2. The third kappa shape index (κ3) is 4.80. The highest BCUT2D eigenvalue weighted by molar-refractivity contribution is 6.04. The van der Waals surface area contributed by atoms with Crippen LogP contribution in [0.25, 0.3) is 0 Å². The summed E-state index contributed by atoms with van der Waals surface area (Å²) >= 11 is 0. The summed E-state index contributed by atoms with van der Waals surface area (Å²) in [5.74, 6) is 0.187. The van der Waals surface area contributed by atoms with E-state index in [1.165, 1.54) is 12.1 Å². The Balaban J connectivity index is 1.40. The summed E-state index contributed by atoms with van der Waals surface area (Å²) in [6.45, 7) is 4.05. The van der Waals surface area contributed by atoms with E-state index in [1.54, 1.807) is 6.07 Å². The molecule has 164 valence electrons. The van der Waals surface area contributed by atoms with Gasteiger partial charge in [-0.15, -0.1) is 0 Å². The zero-order valence-electron chi connectivity index (χ0n) is 17.5. The Kier molecular flexibility index (Phi) is 6.36. The number of carbonyl (C=O) groups excluding carboxylic acids is 2. The van der Waals surface area contributed by atoms with Crippen LogP contribution in [-0.2, 0) is 17.8 Å². The molecule has 31 heavy (non-hydrogen) atoms. The molecule has 2 heterocycles. The Morgan fingerprint density at radius 2 is 2.00 bits per heavy atom. The van der Waals surface area contributed by atoms with Gasteiger partial charge in [0.05, 0.1) is 17.9 Å². The van der Waals surface area contributed by atoms with Crippen LogP contribution in [0.4, 0.5) is 14.9 Å². The molecule has 2 aliphatic heterocycles. The number of benzene rings is 2. The van der Waals surface area contributed by atoms with E-state index in [-0.39, 0.29) is 25.1 Å². The third-order valence-corrected chi connectivity index (χ3v) is 5.57. The Labute approximate surface area is 180 Å². The second-order valence-corrected chi connectivity index (χ2v) is 7.79. The maximum absolute atomic E-state index is 13.9. The van der Waals surface area contributed by atoms with Gasteiger partial charge in [-0.1, -0.05) is 12.1 Å². The zero-order valence-corrected chi connectivity index (χ0v) is 17.5. The van der Waals surface area contributed by atoms with Gasteiger partial charge in [0.2, 0.25) is 0 Å². The zero-order chi connectivity index (χ0) is 21.8. The monoisotopic (exact) mass is 427 g/mol. The van der Waals surface area contributed by atoms with Gasteiger partial charge >= 0.3 is 6.03 Å². The molecule has 2 aromatic rings. The normalized spacial score (nSPS) is 15.2. The number of carbonyl (C=O) groups is 2. The third-order valence-electron chi connectivity index (χ3n) is 5.57. The van der Waals surface area contributed by atoms with Gasteiger partial charge in [-0.05, 0) is 55.5 Å². The fraction of sp³-hybridized carbons (Fsp3) is 0.391. The molecule has 2 aliphatic rings. The minimum atomic E-state index is -0.417. The van der Waals surface area contributed by atoms with Gasteiger partial charge < -0.3 is 25.0 Å². The quantitative estimate of drug-likeness (QED) is 0.764. The first-order chi connectivity index (χ1) is 15.0. The van der Waals surface area contributed by atoms with E-state index >= 15 is 0 Å². The first-order valence-electron chi connectivity index (χ1n) is 10.5. The van der Waals surface area contributed by atoms with Gasteiger partial charge in [-0.3, -0.25) is 4.79 Å². The minimum Gasteiger partial charge on any atom is -0.467 e. The number of para-hydroxylation sites is 1. The molecule has 2 N–H and O–H groups in total. The van der Waals surface area contributed by atoms with Crippen LogP contribution in [0, 0.1) is 12.7 Å². The molecule has 0 saturated carbocycles. The number of nitrogens with zero attached hydrogens (tertiary/aromatic N) is 1. The lowest BCUT2D eigenvalue weighted by Crippen LogP contribution is -2.33. The van der Waals surface area contributed by atoms with Crippen molar-refractivity contribution < 1.29 is 23.5 Å². The Morgan fingerprint density at radius 3 is 2.81 bits per heavy atom. The summed E-state index contributed by atoms with van der Waals surface area (Å²) in [4.78, 5) is 27.2. The predicted octanol–water partition coefficient (Wildman–Crippen LogP) is 3.60. The largest absolute Gasteiger partial charge is 0.467 e. The number of rotatable bonds is 5. The lowest BCUT2D eigenvalue weighted by Gasteiger charge is -2.21. The van der Waals surface area contributed by atoms with Crippen molar-refractivity contribution in [3.8, 4) is 5.75 Å². The van der Waals surface area contributed by atoms with Crippen LogP contribution < -0.4 is 15.4 Å². The lowest BCUT2D eigenvalue weighted by atomic mass is 10.1. The minimum absolute atomic E-state index is 0.0674. The van der Waals surface area contributed by atoms with Crippen molar-refractivity contribution in [3.63, 3.8) is 0 Å². The maximum Gasteiger partial charge on any atom is 0.319 e. The molecule has 4 rings (SSSR count). The van der Waals surface area contributed by atoms with Crippen LogP contribution in [-0.4, -0.2) is 43.3 Å². The van der Waals surface area contributed by atoms with E-state index < -0.39 is 6.03 Å².